The van der Waals surface area contributed by atoms with Crippen molar-refractivity contribution in [3.8, 4) is 0 Å². The second kappa shape index (κ2) is 6.44. The van der Waals surface area contributed by atoms with Gasteiger partial charge in [-0.1, -0.05) is 6.07 Å². The van der Waals surface area contributed by atoms with Crippen molar-refractivity contribution in [1.82, 2.24) is 10.2 Å². The first kappa shape index (κ1) is 14.6. The number of rotatable bonds is 5. The van der Waals surface area contributed by atoms with E-state index in [1.807, 2.05) is 7.05 Å². The smallest absolute Gasteiger partial charge is 0.259 e. The first-order valence-electron chi connectivity index (χ1n) is 5.83. The molecule has 0 atom stereocenters. The molecule has 0 bridgehead atoms. The van der Waals surface area contributed by atoms with Gasteiger partial charge in [-0.05, 0) is 38.6 Å². The molecule has 18 heavy (non-hydrogen) atoms. The number of amides is 1. The molecule has 0 aromatic heterocycles. The maximum absolute atomic E-state index is 13.8. The van der Waals surface area contributed by atoms with Crippen LogP contribution in [0.2, 0.25) is 0 Å². The summed E-state index contributed by atoms with van der Waals surface area (Å²) < 4.78 is 27.3. The summed E-state index contributed by atoms with van der Waals surface area (Å²) in [5.41, 5.74) is -0.203. The van der Waals surface area contributed by atoms with Gasteiger partial charge in [0.05, 0.1) is 0 Å². The summed E-state index contributed by atoms with van der Waals surface area (Å²) in [6.07, 6.45) is 0.730. The van der Waals surface area contributed by atoms with Crippen LogP contribution in [-0.4, -0.2) is 38.0 Å². The molecule has 0 saturated heterocycles. The number of hydrogen-bond donors (Lipinski definition) is 1. The van der Waals surface area contributed by atoms with Gasteiger partial charge in [-0.15, -0.1) is 0 Å². The summed E-state index contributed by atoms with van der Waals surface area (Å²) in [5, 5.41) is 2.95. The largest absolute Gasteiger partial charge is 0.341 e. The van der Waals surface area contributed by atoms with Crippen LogP contribution in [0.25, 0.3) is 0 Å². The predicted octanol–water partition coefficient (Wildman–Crippen LogP) is 1.95. The lowest BCUT2D eigenvalue weighted by molar-refractivity contribution is 0.0784. The molecular formula is C13H18F2N2O. The lowest BCUT2D eigenvalue weighted by Gasteiger charge is -2.18. The molecule has 0 aliphatic heterocycles. The Morgan fingerprint density at radius 2 is 2.06 bits per heavy atom. The zero-order valence-corrected chi connectivity index (χ0v) is 10.9. The lowest BCUT2D eigenvalue weighted by atomic mass is 10.1. The maximum atomic E-state index is 13.8. The average Bonchev–Trinajstić information content (AvgIpc) is 2.34. The van der Waals surface area contributed by atoms with Crippen molar-refractivity contribution in [2.75, 3.05) is 27.2 Å². The molecule has 0 aliphatic rings. The van der Waals surface area contributed by atoms with Gasteiger partial charge in [0, 0.05) is 13.6 Å². The molecule has 0 fully saturated rings. The number of carbonyl (C=O) groups excluding carboxylic acids is 1. The van der Waals surface area contributed by atoms with Crippen LogP contribution in [0.1, 0.15) is 22.3 Å². The lowest BCUT2D eigenvalue weighted by Crippen LogP contribution is -2.31. The van der Waals surface area contributed by atoms with Crippen molar-refractivity contribution in [3.63, 3.8) is 0 Å². The number of carbonyl (C=O) groups is 1. The molecule has 5 heteroatoms. The monoisotopic (exact) mass is 256 g/mol. The van der Waals surface area contributed by atoms with Crippen molar-refractivity contribution in [3.05, 3.63) is 34.9 Å². The first-order chi connectivity index (χ1) is 8.49. The third kappa shape index (κ3) is 3.26. The highest BCUT2D eigenvalue weighted by molar-refractivity contribution is 5.94. The molecule has 1 amide bonds. The highest BCUT2D eigenvalue weighted by Crippen LogP contribution is 2.17. The van der Waals surface area contributed by atoms with E-state index < -0.39 is 23.1 Å². The summed E-state index contributed by atoms with van der Waals surface area (Å²) in [7, 11) is 3.35. The number of benzene rings is 1. The third-order valence-corrected chi connectivity index (χ3v) is 2.77. The van der Waals surface area contributed by atoms with Gasteiger partial charge in [0.15, 0.2) is 0 Å². The quantitative estimate of drug-likeness (QED) is 0.817. The van der Waals surface area contributed by atoms with E-state index in [2.05, 4.69) is 5.32 Å². The molecule has 0 heterocycles. The Labute approximate surface area is 106 Å². The Kier molecular flexibility index (Phi) is 5.22. The molecule has 0 radical (unpaired) electrons. The molecule has 1 aromatic carbocycles. The van der Waals surface area contributed by atoms with Gasteiger partial charge in [-0.2, -0.15) is 0 Å². The van der Waals surface area contributed by atoms with E-state index in [4.69, 9.17) is 0 Å². The van der Waals surface area contributed by atoms with E-state index in [9.17, 15) is 13.6 Å². The normalized spacial score (nSPS) is 10.5. The number of aryl methyl sites for hydroxylation is 1. The van der Waals surface area contributed by atoms with Gasteiger partial charge >= 0.3 is 0 Å². The topological polar surface area (TPSA) is 32.3 Å². The molecule has 1 N–H and O–H groups in total. The maximum Gasteiger partial charge on any atom is 0.259 e. The zero-order chi connectivity index (χ0) is 13.7. The molecule has 0 saturated carbocycles. The second-order valence-electron chi connectivity index (χ2n) is 4.24. The van der Waals surface area contributed by atoms with Crippen molar-refractivity contribution < 1.29 is 13.6 Å². The average molecular weight is 256 g/mol. The van der Waals surface area contributed by atoms with Crippen LogP contribution in [0.5, 0.6) is 0 Å². The minimum atomic E-state index is -0.816. The number of nitrogens with one attached hydrogen (secondary N) is 1. The van der Waals surface area contributed by atoms with Crippen LogP contribution in [0.4, 0.5) is 8.78 Å². The minimum Gasteiger partial charge on any atom is -0.341 e. The number of nitrogens with zero attached hydrogens (tertiary/aromatic N) is 1. The predicted molar refractivity (Wildman–Crippen MR) is 66.6 cm³/mol. The van der Waals surface area contributed by atoms with Gasteiger partial charge in [-0.3, -0.25) is 4.79 Å². The van der Waals surface area contributed by atoms with Crippen molar-refractivity contribution >= 4 is 5.91 Å². The number of halogens is 2. The SMILES string of the molecule is CNCCCN(C)C(=O)c1c(F)ccc(C)c1F. The van der Waals surface area contributed by atoms with Crippen molar-refractivity contribution in [2.45, 2.75) is 13.3 Å². The zero-order valence-electron chi connectivity index (χ0n) is 10.9. The highest BCUT2D eigenvalue weighted by Gasteiger charge is 2.21. The summed E-state index contributed by atoms with van der Waals surface area (Å²) in [5.74, 6) is -2.21. The van der Waals surface area contributed by atoms with Crippen LogP contribution >= 0.6 is 0 Å². The first-order valence-corrected chi connectivity index (χ1v) is 5.83. The fourth-order valence-electron chi connectivity index (χ4n) is 1.64. The Bertz CT molecular complexity index is 435. The van der Waals surface area contributed by atoms with Crippen LogP contribution in [-0.2, 0) is 0 Å². The molecular weight excluding hydrogens is 238 g/mol. The van der Waals surface area contributed by atoms with E-state index in [0.717, 1.165) is 19.0 Å². The Morgan fingerprint density at radius 1 is 1.39 bits per heavy atom. The Morgan fingerprint density at radius 3 is 2.67 bits per heavy atom. The van der Waals surface area contributed by atoms with Crippen molar-refractivity contribution in [1.29, 1.82) is 0 Å². The van der Waals surface area contributed by atoms with Crippen LogP contribution in [0, 0.1) is 18.6 Å². The highest BCUT2D eigenvalue weighted by atomic mass is 19.1. The van der Waals surface area contributed by atoms with Gasteiger partial charge < -0.3 is 10.2 Å². The van der Waals surface area contributed by atoms with Gasteiger partial charge in [0.2, 0.25) is 0 Å². The van der Waals surface area contributed by atoms with E-state index in [1.165, 1.54) is 17.9 Å². The summed E-state index contributed by atoms with van der Waals surface area (Å²) in [6, 6.07) is 2.44. The van der Waals surface area contributed by atoms with E-state index in [-0.39, 0.29) is 5.56 Å². The Hall–Kier alpha value is -1.49. The minimum absolute atomic E-state index is 0.267. The summed E-state index contributed by atoms with van der Waals surface area (Å²) in [4.78, 5) is 13.3. The van der Waals surface area contributed by atoms with Crippen LogP contribution in [0.3, 0.4) is 0 Å². The van der Waals surface area contributed by atoms with Gasteiger partial charge in [-0.25, -0.2) is 8.78 Å². The summed E-state index contributed by atoms with van der Waals surface area (Å²) >= 11 is 0. The van der Waals surface area contributed by atoms with E-state index >= 15 is 0 Å². The van der Waals surface area contributed by atoms with E-state index in [0.29, 0.717) is 6.54 Å². The van der Waals surface area contributed by atoms with Crippen LogP contribution < -0.4 is 5.32 Å². The molecule has 1 aromatic rings. The molecule has 0 spiro atoms. The molecule has 0 aliphatic carbocycles. The third-order valence-electron chi connectivity index (χ3n) is 2.77. The molecule has 1 rings (SSSR count). The molecule has 3 nitrogen and oxygen atoms in total. The fourth-order valence-corrected chi connectivity index (χ4v) is 1.64. The summed E-state index contributed by atoms with van der Waals surface area (Å²) in [6.45, 7) is 2.70. The van der Waals surface area contributed by atoms with Gasteiger partial charge in [0.1, 0.15) is 17.2 Å². The number of hydrogen-bond acceptors (Lipinski definition) is 2. The molecule has 0 unspecified atom stereocenters. The second-order valence-corrected chi connectivity index (χ2v) is 4.24. The van der Waals surface area contributed by atoms with Crippen LogP contribution in [0.15, 0.2) is 12.1 Å². The standard InChI is InChI=1S/C13H18F2N2O/c1-9-5-6-10(14)11(12(9)15)13(18)17(3)8-4-7-16-2/h5-6,16H,4,7-8H2,1-3H3. The fraction of sp³-hybridized carbons (Fsp3) is 0.462. The Balaban J connectivity index is 2.86. The molecule has 100 valence electrons. The van der Waals surface area contributed by atoms with E-state index in [1.54, 1.807) is 7.05 Å². The van der Waals surface area contributed by atoms with Gasteiger partial charge in [0.25, 0.3) is 5.91 Å². The van der Waals surface area contributed by atoms with Crippen molar-refractivity contribution in [2.24, 2.45) is 0 Å².